The van der Waals surface area contributed by atoms with Crippen LogP contribution in [-0.2, 0) is 0 Å². The predicted octanol–water partition coefficient (Wildman–Crippen LogP) is 2.59. The maximum absolute atomic E-state index is 12.7. The van der Waals surface area contributed by atoms with Gasteiger partial charge in [0.15, 0.2) is 0 Å². The third-order valence-corrected chi connectivity index (χ3v) is 4.30. The molecule has 1 fully saturated rings. The molecule has 1 aromatic carbocycles. The topological polar surface area (TPSA) is 35.6 Å². The van der Waals surface area contributed by atoms with Gasteiger partial charge in [-0.05, 0) is 51.1 Å². The van der Waals surface area contributed by atoms with Crippen molar-refractivity contribution in [2.24, 2.45) is 0 Å². The Morgan fingerprint density at radius 2 is 2.10 bits per heavy atom. The SMILES string of the molecule is CCNc1ccc(C(=O)N2CCN(CC)C(C)C2)c(C)c1. The zero-order valence-electron chi connectivity index (χ0n) is 13.6. The van der Waals surface area contributed by atoms with Crippen molar-refractivity contribution in [2.45, 2.75) is 33.7 Å². The van der Waals surface area contributed by atoms with E-state index in [0.717, 1.165) is 49.5 Å². The van der Waals surface area contributed by atoms with Crippen LogP contribution in [0.4, 0.5) is 5.69 Å². The first-order valence-electron chi connectivity index (χ1n) is 7.94. The number of amides is 1. The summed E-state index contributed by atoms with van der Waals surface area (Å²) in [5, 5.41) is 3.28. The second kappa shape index (κ2) is 6.94. The molecular formula is C17H27N3O. The summed E-state index contributed by atoms with van der Waals surface area (Å²) in [6.07, 6.45) is 0. The van der Waals surface area contributed by atoms with Crippen molar-refractivity contribution in [1.82, 2.24) is 9.80 Å². The quantitative estimate of drug-likeness (QED) is 0.925. The van der Waals surface area contributed by atoms with Crippen molar-refractivity contribution in [2.75, 3.05) is 38.0 Å². The molecule has 116 valence electrons. The van der Waals surface area contributed by atoms with E-state index in [-0.39, 0.29) is 5.91 Å². The van der Waals surface area contributed by atoms with Gasteiger partial charge >= 0.3 is 0 Å². The first-order valence-corrected chi connectivity index (χ1v) is 7.94. The normalized spacial score (nSPS) is 19.6. The van der Waals surface area contributed by atoms with Crippen molar-refractivity contribution in [1.29, 1.82) is 0 Å². The van der Waals surface area contributed by atoms with E-state index in [9.17, 15) is 4.79 Å². The van der Waals surface area contributed by atoms with E-state index in [1.165, 1.54) is 0 Å². The number of hydrogen-bond acceptors (Lipinski definition) is 3. The van der Waals surface area contributed by atoms with Crippen LogP contribution in [0.3, 0.4) is 0 Å². The van der Waals surface area contributed by atoms with E-state index in [2.05, 4.69) is 37.1 Å². The van der Waals surface area contributed by atoms with E-state index < -0.39 is 0 Å². The van der Waals surface area contributed by atoms with Crippen molar-refractivity contribution in [3.8, 4) is 0 Å². The highest BCUT2D eigenvalue weighted by molar-refractivity contribution is 5.96. The summed E-state index contributed by atoms with van der Waals surface area (Å²) in [5.41, 5.74) is 2.95. The van der Waals surface area contributed by atoms with Crippen LogP contribution in [0.5, 0.6) is 0 Å². The number of carbonyl (C=O) groups excluding carboxylic acids is 1. The number of hydrogen-bond donors (Lipinski definition) is 1. The number of nitrogens with one attached hydrogen (secondary N) is 1. The van der Waals surface area contributed by atoms with Crippen LogP contribution >= 0.6 is 0 Å². The highest BCUT2D eigenvalue weighted by Crippen LogP contribution is 2.19. The Morgan fingerprint density at radius 3 is 2.67 bits per heavy atom. The lowest BCUT2D eigenvalue weighted by molar-refractivity contribution is 0.0527. The predicted molar refractivity (Wildman–Crippen MR) is 88.0 cm³/mol. The van der Waals surface area contributed by atoms with Crippen molar-refractivity contribution >= 4 is 11.6 Å². The third-order valence-electron chi connectivity index (χ3n) is 4.30. The largest absolute Gasteiger partial charge is 0.385 e. The smallest absolute Gasteiger partial charge is 0.254 e. The molecule has 21 heavy (non-hydrogen) atoms. The Kier molecular flexibility index (Phi) is 5.23. The molecule has 0 aromatic heterocycles. The molecule has 1 saturated heterocycles. The van der Waals surface area contributed by atoms with E-state index in [4.69, 9.17) is 0 Å². The number of carbonyl (C=O) groups is 1. The summed E-state index contributed by atoms with van der Waals surface area (Å²) >= 11 is 0. The summed E-state index contributed by atoms with van der Waals surface area (Å²) in [7, 11) is 0. The monoisotopic (exact) mass is 289 g/mol. The van der Waals surface area contributed by atoms with E-state index >= 15 is 0 Å². The molecule has 1 aliphatic heterocycles. The van der Waals surface area contributed by atoms with Gasteiger partial charge in [-0.2, -0.15) is 0 Å². The first-order chi connectivity index (χ1) is 10.1. The summed E-state index contributed by atoms with van der Waals surface area (Å²) in [6, 6.07) is 6.44. The molecule has 4 heteroatoms. The van der Waals surface area contributed by atoms with Gasteiger partial charge in [0.1, 0.15) is 0 Å². The molecule has 1 aromatic rings. The van der Waals surface area contributed by atoms with Crippen LogP contribution in [0.1, 0.15) is 36.7 Å². The van der Waals surface area contributed by atoms with Crippen LogP contribution in [0, 0.1) is 6.92 Å². The summed E-state index contributed by atoms with van der Waals surface area (Å²) in [5.74, 6) is 0.165. The van der Waals surface area contributed by atoms with Crippen molar-refractivity contribution < 1.29 is 4.79 Å². The van der Waals surface area contributed by atoms with Gasteiger partial charge < -0.3 is 10.2 Å². The number of benzene rings is 1. The maximum Gasteiger partial charge on any atom is 0.254 e. The lowest BCUT2D eigenvalue weighted by Crippen LogP contribution is -2.53. The van der Waals surface area contributed by atoms with E-state index in [0.29, 0.717) is 6.04 Å². The van der Waals surface area contributed by atoms with Gasteiger partial charge in [-0.3, -0.25) is 9.69 Å². The number of anilines is 1. The highest BCUT2D eigenvalue weighted by Gasteiger charge is 2.26. The molecule has 0 radical (unpaired) electrons. The molecular weight excluding hydrogens is 262 g/mol. The van der Waals surface area contributed by atoms with Crippen LogP contribution < -0.4 is 5.32 Å². The molecule has 1 unspecified atom stereocenters. The number of likely N-dealkylation sites (N-methyl/N-ethyl adjacent to an activating group) is 1. The number of rotatable bonds is 4. The lowest BCUT2D eigenvalue weighted by Gasteiger charge is -2.39. The summed E-state index contributed by atoms with van der Waals surface area (Å²) in [6.45, 7) is 13.0. The van der Waals surface area contributed by atoms with Gasteiger partial charge in [-0.1, -0.05) is 6.92 Å². The van der Waals surface area contributed by atoms with E-state index in [1.807, 2.05) is 24.0 Å². The third kappa shape index (κ3) is 3.56. The Labute approximate surface area is 128 Å². The average Bonchev–Trinajstić information content (AvgIpc) is 2.47. The summed E-state index contributed by atoms with van der Waals surface area (Å²) < 4.78 is 0. The Bertz CT molecular complexity index is 501. The molecule has 0 spiro atoms. The summed E-state index contributed by atoms with van der Waals surface area (Å²) in [4.78, 5) is 17.1. The van der Waals surface area contributed by atoms with E-state index in [1.54, 1.807) is 0 Å². The zero-order valence-corrected chi connectivity index (χ0v) is 13.6. The number of piperazine rings is 1. The Morgan fingerprint density at radius 1 is 1.33 bits per heavy atom. The molecule has 1 N–H and O–H groups in total. The molecule has 0 aliphatic carbocycles. The maximum atomic E-state index is 12.7. The minimum absolute atomic E-state index is 0.165. The van der Waals surface area contributed by atoms with Crippen LogP contribution in [0.15, 0.2) is 18.2 Å². The second-order valence-corrected chi connectivity index (χ2v) is 5.79. The molecule has 1 aliphatic rings. The minimum atomic E-state index is 0.165. The molecule has 0 bridgehead atoms. The van der Waals surface area contributed by atoms with Gasteiger partial charge in [0, 0.05) is 43.5 Å². The van der Waals surface area contributed by atoms with Crippen LogP contribution in [-0.4, -0.2) is 54.5 Å². The molecule has 2 rings (SSSR count). The molecule has 1 heterocycles. The molecule has 1 amide bonds. The first kappa shape index (κ1) is 15.8. The second-order valence-electron chi connectivity index (χ2n) is 5.79. The standard InChI is InChI=1S/C17H27N3O/c1-5-18-15-7-8-16(13(3)11-15)17(21)20-10-9-19(6-2)14(4)12-20/h7-8,11,14,18H,5-6,9-10,12H2,1-4H3. The molecule has 4 nitrogen and oxygen atoms in total. The van der Waals surface area contributed by atoms with Crippen molar-refractivity contribution in [3.63, 3.8) is 0 Å². The van der Waals surface area contributed by atoms with Crippen LogP contribution in [0.2, 0.25) is 0 Å². The van der Waals surface area contributed by atoms with Gasteiger partial charge in [-0.25, -0.2) is 0 Å². The van der Waals surface area contributed by atoms with Crippen LogP contribution in [0.25, 0.3) is 0 Å². The fourth-order valence-corrected chi connectivity index (χ4v) is 3.04. The zero-order chi connectivity index (χ0) is 15.4. The lowest BCUT2D eigenvalue weighted by atomic mass is 10.1. The molecule has 1 atom stereocenters. The fourth-order valence-electron chi connectivity index (χ4n) is 3.04. The van der Waals surface area contributed by atoms with Gasteiger partial charge in [-0.15, -0.1) is 0 Å². The Hall–Kier alpha value is -1.55. The number of nitrogens with zero attached hydrogens (tertiary/aromatic N) is 2. The minimum Gasteiger partial charge on any atom is -0.385 e. The average molecular weight is 289 g/mol. The van der Waals surface area contributed by atoms with Gasteiger partial charge in [0.2, 0.25) is 0 Å². The number of aryl methyl sites for hydroxylation is 1. The van der Waals surface area contributed by atoms with Crippen molar-refractivity contribution in [3.05, 3.63) is 29.3 Å². The van der Waals surface area contributed by atoms with Gasteiger partial charge in [0.25, 0.3) is 5.91 Å². The Balaban J connectivity index is 2.10. The molecule has 0 saturated carbocycles. The highest BCUT2D eigenvalue weighted by atomic mass is 16.2. The fraction of sp³-hybridized carbons (Fsp3) is 0.588. The van der Waals surface area contributed by atoms with Gasteiger partial charge in [0.05, 0.1) is 0 Å².